The van der Waals surface area contributed by atoms with Crippen molar-refractivity contribution in [2.24, 2.45) is 0 Å². The Morgan fingerprint density at radius 3 is 2.37 bits per heavy atom. The molecule has 0 bridgehead atoms. The van der Waals surface area contributed by atoms with Crippen molar-refractivity contribution >= 4 is 21.6 Å². The van der Waals surface area contributed by atoms with Crippen LogP contribution < -0.4 is 4.72 Å². The van der Waals surface area contributed by atoms with Gasteiger partial charge in [0.25, 0.3) is 10.0 Å². The van der Waals surface area contributed by atoms with Gasteiger partial charge < -0.3 is 0 Å². The second-order valence-electron chi connectivity index (χ2n) is 4.12. The van der Waals surface area contributed by atoms with Crippen LogP contribution in [0.25, 0.3) is 0 Å². The summed E-state index contributed by atoms with van der Waals surface area (Å²) in [7, 11) is -3.69. The van der Waals surface area contributed by atoms with E-state index in [0.717, 1.165) is 5.69 Å². The molecule has 1 aromatic carbocycles. The lowest BCUT2D eigenvalue weighted by Crippen LogP contribution is -2.13. The number of carbonyl (C=O) groups is 1. The number of aromatic nitrogens is 2. The number of anilines is 1. The molecule has 0 fully saturated rings. The third kappa shape index (κ3) is 3.00. The summed E-state index contributed by atoms with van der Waals surface area (Å²) in [6.45, 7) is 3.20. The molecule has 0 spiro atoms. The summed E-state index contributed by atoms with van der Waals surface area (Å²) in [4.78, 5) is 11.2. The van der Waals surface area contributed by atoms with E-state index in [2.05, 4.69) is 14.9 Å². The Kier molecular flexibility index (Phi) is 3.39. The highest BCUT2D eigenvalue weighted by atomic mass is 32.2. The fourth-order valence-electron chi connectivity index (χ4n) is 1.54. The predicted molar refractivity (Wildman–Crippen MR) is 70.6 cm³/mol. The minimum Gasteiger partial charge on any atom is -0.295 e. The standard InChI is InChI=1S/C12H13N3O3S/c1-8-7-12(14-13-8)15-19(17,18)11-5-3-10(4-6-11)9(2)16/h3-7H,1-2H3,(H2,13,14,15). The van der Waals surface area contributed by atoms with Crippen LogP contribution >= 0.6 is 0 Å². The van der Waals surface area contributed by atoms with Crippen LogP contribution in [0.15, 0.2) is 35.2 Å². The van der Waals surface area contributed by atoms with Gasteiger partial charge in [0.1, 0.15) is 0 Å². The maximum Gasteiger partial charge on any atom is 0.263 e. The summed E-state index contributed by atoms with van der Waals surface area (Å²) in [5.41, 5.74) is 1.22. The van der Waals surface area contributed by atoms with Crippen LogP contribution in [0.4, 0.5) is 5.82 Å². The molecule has 0 amide bonds. The molecular weight excluding hydrogens is 266 g/mol. The molecule has 7 heteroatoms. The van der Waals surface area contributed by atoms with Crippen LogP contribution in [0, 0.1) is 6.92 Å². The van der Waals surface area contributed by atoms with Crippen molar-refractivity contribution < 1.29 is 13.2 Å². The zero-order valence-electron chi connectivity index (χ0n) is 10.5. The van der Waals surface area contributed by atoms with E-state index in [1.165, 1.54) is 31.2 Å². The fourth-order valence-corrected chi connectivity index (χ4v) is 2.53. The molecular formula is C12H13N3O3S. The first-order valence-corrected chi connectivity index (χ1v) is 7.02. The first-order valence-electron chi connectivity index (χ1n) is 5.54. The number of Topliss-reactive ketones (excluding diaryl/α,β-unsaturated/α-hetero) is 1. The van der Waals surface area contributed by atoms with E-state index in [0.29, 0.717) is 5.56 Å². The van der Waals surface area contributed by atoms with Crippen molar-refractivity contribution in [2.45, 2.75) is 18.7 Å². The Bertz CT molecular complexity index is 702. The molecule has 100 valence electrons. The molecule has 1 aromatic heterocycles. The van der Waals surface area contributed by atoms with Crippen LogP contribution in [0.2, 0.25) is 0 Å². The first kappa shape index (κ1) is 13.3. The smallest absolute Gasteiger partial charge is 0.263 e. The molecule has 0 atom stereocenters. The number of nitrogens with one attached hydrogen (secondary N) is 2. The maximum atomic E-state index is 12.0. The number of aromatic amines is 1. The lowest BCUT2D eigenvalue weighted by molar-refractivity contribution is 0.101. The van der Waals surface area contributed by atoms with Gasteiger partial charge in [-0.2, -0.15) is 5.10 Å². The largest absolute Gasteiger partial charge is 0.295 e. The Hall–Kier alpha value is -2.15. The zero-order valence-corrected chi connectivity index (χ0v) is 11.3. The van der Waals surface area contributed by atoms with Crippen molar-refractivity contribution in [3.63, 3.8) is 0 Å². The number of ketones is 1. The Morgan fingerprint density at radius 2 is 1.89 bits per heavy atom. The molecule has 0 radical (unpaired) electrons. The van der Waals surface area contributed by atoms with Crippen molar-refractivity contribution in [2.75, 3.05) is 4.72 Å². The SMILES string of the molecule is CC(=O)c1ccc(S(=O)(=O)Nc2cc(C)[nH]n2)cc1. The van der Waals surface area contributed by atoms with Gasteiger partial charge in [0, 0.05) is 17.3 Å². The summed E-state index contributed by atoms with van der Waals surface area (Å²) < 4.78 is 26.4. The summed E-state index contributed by atoms with van der Waals surface area (Å²) in [6.07, 6.45) is 0. The molecule has 2 N–H and O–H groups in total. The van der Waals surface area contributed by atoms with Gasteiger partial charge in [0.05, 0.1) is 4.90 Å². The number of nitrogens with zero attached hydrogens (tertiary/aromatic N) is 1. The summed E-state index contributed by atoms with van der Waals surface area (Å²) >= 11 is 0. The molecule has 0 aliphatic rings. The van der Waals surface area contributed by atoms with E-state index < -0.39 is 10.0 Å². The Morgan fingerprint density at radius 1 is 1.26 bits per heavy atom. The van der Waals surface area contributed by atoms with Gasteiger partial charge in [-0.25, -0.2) is 8.42 Å². The summed E-state index contributed by atoms with van der Waals surface area (Å²) in [5, 5.41) is 6.45. The second-order valence-corrected chi connectivity index (χ2v) is 5.80. The van der Waals surface area contributed by atoms with Crippen LogP contribution in [-0.4, -0.2) is 24.4 Å². The molecule has 19 heavy (non-hydrogen) atoms. The number of aryl methyl sites for hydroxylation is 1. The van der Waals surface area contributed by atoms with Crippen molar-refractivity contribution in [3.8, 4) is 0 Å². The van der Waals surface area contributed by atoms with Crippen LogP contribution in [-0.2, 0) is 10.0 Å². The molecule has 0 aliphatic carbocycles. The minimum atomic E-state index is -3.69. The number of hydrogen-bond donors (Lipinski definition) is 2. The van der Waals surface area contributed by atoms with Gasteiger partial charge in [0.2, 0.25) is 0 Å². The van der Waals surface area contributed by atoms with Crippen molar-refractivity contribution in [1.82, 2.24) is 10.2 Å². The van der Waals surface area contributed by atoms with Crippen molar-refractivity contribution in [1.29, 1.82) is 0 Å². The van der Waals surface area contributed by atoms with E-state index in [4.69, 9.17) is 0 Å². The number of H-pyrrole nitrogens is 1. The number of carbonyl (C=O) groups excluding carboxylic acids is 1. The fraction of sp³-hybridized carbons (Fsp3) is 0.167. The molecule has 2 aromatic rings. The minimum absolute atomic E-state index is 0.0816. The second kappa shape index (κ2) is 4.85. The number of benzene rings is 1. The Balaban J connectivity index is 2.26. The lowest BCUT2D eigenvalue weighted by Gasteiger charge is -2.05. The van der Waals surface area contributed by atoms with Gasteiger partial charge in [-0.3, -0.25) is 14.6 Å². The van der Waals surface area contributed by atoms with E-state index in [1.807, 2.05) is 0 Å². The predicted octanol–water partition coefficient (Wildman–Crippen LogP) is 1.72. The molecule has 0 saturated carbocycles. The average molecular weight is 279 g/mol. The molecule has 6 nitrogen and oxygen atoms in total. The van der Waals surface area contributed by atoms with Crippen LogP contribution in [0.3, 0.4) is 0 Å². The monoisotopic (exact) mass is 279 g/mol. The van der Waals surface area contributed by atoms with E-state index >= 15 is 0 Å². The van der Waals surface area contributed by atoms with Gasteiger partial charge in [0.15, 0.2) is 11.6 Å². The lowest BCUT2D eigenvalue weighted by atomic mass is 10.2. The summed E-state index contributed by atoms with van der Waals surface area (Å²) in [5.74, 6) is 0.118. The molecule has 1 heterocycles. The van der Waals surface area contributed by atoms with Gasteiger partial charge in [-0.05, 0) is 26.0 Å². The van der Waals surface area contributed by atoms with Crippen LogP contribution in [0.5, 0.6) is 0 Å². The number of rotatable bonds is 4. The molecule has 0 aliphatic heterocycles. The van der Waals surface area contributed by atoms with Crippen LogP contribution in [0.1, 0.15) is 23.0 Å². The molecule has 0 saturated heterocycles. The van der Waals surface area contributed by atoms with Crippen molar-refractivity contribution in [3.05, 3.63) is 41.6 Å². The molecule has 0 unspecified atom stereocenters. The third-order valence-electron chi connectivity index (χ3n) is 2.52. The van der Waals surface area contributed by atoms with E-state index in [1.54, 1.807) is 13.0 Å². The highest BCUT2D eigenvalue weighted by Gasteiger charge is 2.15. The topological polar surface area (TPSA) is 91.9 Å². The number of sulfonamides is 1. The highest BCUT2D eigenvalue weighted by Crippen LogP contribution is 2.15. The van der Waals surface area contributed by atoms with E-state index in [9.17, 15) is 13.2 Å². The number of hydrogen-bond acceptors (Lipinski definition) is 4. The highest BCUT2D eigenvalue weighted by molar-refractivity contribution is 7.92. The maximum absolute atomic E-state index is 12.0. The van der Waals surface area contributed by atoms with Gasteiger partial charge in [-0.1, -0.05) is 12.1 Å². The first-order chi connectivity index (χ1) is 8.88. The molecule has 2 rings (SSSR count). The summed E-state index contributed by atoms with van der Waals surface area (Å²) in [6, 6.07) is 7.32. The average Bonchev–Trinajstić information content (AvgIpc) is 2.74. The third-order valence-corrected chi connectivity index (χ3v) is 3.89. The van der Waals surface area contributed by atoms with Gasteiger partial charge in [-0.15, -0.1) is 0 Å². The normalized spacial score (nSPS) is 11.3. The van der Waals surface area contributed by atoms with Gasteiger partial charge >= 0.3 is 0 Å². The Labute approximate surface area is 110 Å². The quantitative estimate of drug-likeness (QED) is 0.833. The van der Waals surface area contributed by atoms with E-state index in [-0.39, 0.29) is 16.5 Å². The zero-order chi connectivity index (χ0) is 14.0.